The van der Waals surface area contributed by atoms with Crippen LogP contribution >= 0.6 is 22.9 Å². The van der Waals surface area contributed by atoms with E-state index >= 15 is 0 Å². The predicted molar refractivity (Wildman–Crippen MR) is 92.1 cm³/mol. The summed E-state index contributed by atoms with van der Waals surface area (Å²) in [4.78, 5) is 25.0. The van der Waals surface area contributed by atoms with Gasteiger partial charge in [0.05, 0.1) is 27.0 Å². The lowest BCUT2D eigenvalue weighted by Crippen LogP contribution is -2.12. The lowest BCUT2D eigenvalue weighted by atomic mass is 10.2. The minimum Gasteiger partial charge on any atom is -0.320 e. The van der Waals surface area contributed by atoms with E-state index in [1.807, 2.05) is 30.3 Å². The Morgan fingerprint density at radius 1 is 1.13 bits per heavy atom. The Morgan fingerprint density at radius 2 is 2.00 bits per heavy atom. The molecule has 23 heavy (non-hydrogen) atoms. The molecule has 1 N–H and O–H groups in total. The fourth-order valence-electron chi connectivity index (χ4n) is 2.36. The molecule has 112 valence electrons. The molecule has 3 aromatic heterocycles. The molecule has 0 saturated heterocycles. The van der Waals surface area contributed by atoms with Gasteiger partial charge >= 0.3 is 0 Å². The number of rotatable bonds is 2. The minimum atomic E-state index is -0.246. The molecule has 0 aliphatic heterocycles. The van der Waals surface area contributed by atoms with Gasteiger partial charge in [0.1, 0.15) is 0 Å². The second kappa shape index (κ2) is 5.57. The van der Waals surface area contributed by atoms with Crippen molar-refractivity contribution in [1.82, 2.24) is 15.0 Å². The van der Waals surface area contributed by atoms with Gasteiger partial charge in [0.25, 0.3) is 5.91 Å². The maximum atomic E-state index is 12.6. The Balaban J connectivity index is 1.75. The van der Waals surface area contributed by atoms with Gasteiger partial charge in [-0.25, -0.2) is 9.97 Å². The van der Waals surface area contributed by atoms with Gasteiger partial charge in [-0.3, -0.25) is 9.78 Å². The van der Waals surface area contributed by atoms with E-state index in [1.54, 1.807) is 17.8 Å². The Morgan fingerprint density at radius 3 is 2.91 bits per heavy atom. The highest BCUT2D eigenvalue weighted by Gasteiger charge is 2.15. The van der Waals surface area contributed by atoms with Crippen molar-refractivity contribution in [3.63, 3.8) is 0 Å². The molecule has 0 spiro atoms. The van der Waals surface area contributed by atoms with E-state index in [9.17, 15) is 4.79 Å². The fourth-order valence-corrected chi connectivity index (χ4v) is 3.34. The summed E-state index contributed by atoms with van der Waals surface area (Å²) in [5.74, 6) is -0.246. The zero-order valence-electron chi connectivity index (χ0n) is 11.7. The number of carbonyl (C=O) groups is 1. The lowest BCUT2D eigenvalue weighted by molar-refractivity contribution is 0.102. The Hall–Kier alpha value is -2.57. The number of halogens is 1. The molecular formula is C16H9ClN4OS. The maximum absolute atomic E-state index is 12.6. The van der Waals surface area contributed by atoms with Crippen LogP contribution in [0.1, 0.15) is 10.4 Å². The molecule has 0 aliphatic carbocycles. The third-order valence-corrected chi connectivity index (χ3v) is 4.50. The number of aromatic nitrogens is 3. The highest BCUT2D eigenvalue weighted by atomic mass is 35.5. The van der Waals surface area contributed by atoms with Crippen molar-refractivity contribution in [3.05, 3.63) is 59.0 Å². The lowest BCUT2D eigenvalue weighted by Gasteiger charge is -2.07. The number of hydrogen-bond donors (Lipinski definition) is 1. The van der Waals surface area contributed by atoms with E-state index in [4.69, 9.17) is 11.6 Å². The molecule has 7 heteroatoms. The summed E-state index contributed by atoms with van der Waals surface area (Å²) in [6.07, 6.45) is 3.32. The molecule has 0 fully saturated rings. The van der Waals surface area contributed by atoms with Crippen LogP contribution < -0.4 is 5.32 Å². The van der Waals surface area contributed by atoms with Gasteiger partial charge in [-0.05, 0) is 23.7 Å². The summed E-state index contributed by atoms with van der Waals surface area (Å²) in [5.41, 5.74) is 2.44. The smallest absolute Gasteiger partial charge is 0.258 e. The number of nitrogens with one attached hydrogen (secondary N) is 1. The highest BCUT2D eigenvalue weighted by Crippen LogP contribution is 2.27. The van der Waals surface area contributed by atoms with Gasteiger partial charge in [0.2, 0.25) is 5.28 Å². The third-order valence-electron chi connectivity index (χ3n) is 3.41. The van der Waals surface area contributed by atoms with E-state index < -0.39 is 0 Å². The number of nitrogens with zero attached hydrogens (tertiary/aromatic N) is 3. The maximum Gasteiger partial charge on any atom is 0.258 e. The van der Waals surface area contributed by atoms with E-state index in [0.29, 0.717) is 16.8 Å². The zero-order valence-corrected chi connectivity index (χ0v) is 13.2. The van der Waals surface area contributed by atoms with Crippen molar-refractivity contribution in [3.8, 4) is 0 Å². The van der Waals surface area contributed by atoms with Gasteiger partial charge < -0.3 is 5.32 Å². The zero-order chi connectivity index (χ0) is 15.8. The number of pyridine rings is 1. The Labute approximate surface area is 140 Å². The number of benzene rings is 1. The average Bonchev–Trinajstić information content (AvgIpc) is 2.98. The molecule has 1 amide bonds. The first-order chi connectivity index (χ1) is 11.2. The van der Waals surface area contributed by atoms with Gasteiger partial charge in [0, 0.05) is 23.2 Å². The van der Waals surface area contributed by atoms with Crippen LogP contribution in [-0.2, 0) is 0 Å². The Bertz CT molecular complexity index is 1040. The number of fused-ring (bicyclic) bond motifs is 2. The molecule has 0 aliphatic rings. The summed E-state index contributed by atoms with van der Waals surface area (Å²) < 4.78 is 0.815. The number of hydrogen-bond acceptors (Lipinski definition) is 5. The largest absolute Gasteiger partial charge is 0.320 e. The number of thiophene rings is 1. The summed E-state index contributed by atoms with van der Waals surface area (Å²) >= 11 is 7.24. The van der Waals surface area contributed by atoms with Crippen LogP contribution in [-0.4, -0.2) is 20.9 Å². The summed E-state index contributed by atoms with van der Waals surface area (Å²) in [5, 5.41) is 5.74. The van der Waals surface area contributed by atoms with Crippen LogP contribution in [0.3, 0.4) is 0 Å². The van der Waals surface area contributed by atoms with Gasteiger partial charge in [0.15, 0.2) is 0 Å². The predicted octanol–water partition coefficient (Wildman–Crippen LogP) is 4.15. The quantitative estimate of drug-likeness (QED) is 0.557. The van der Waals surface area contributed by atoms with Crippen LogP contribution in [0, 0.1) is 0 Å². The SMILES string of the molecule is O=C(Nc1cccc2cccnc12)c1csc2cnc(Cl)nc12. The van der Waals surface area contributed by atoms with E-state index in [0.717, 1.165) is 15.6 Å². The fraction of sp³-hybridized carbons (Fsp3) is 0. The third kappa shape index (κ3) is 2.52. The van der Waals surface area contributed by atoms with Gasteiger partial charge in [-0.15, -0.1) is 11.3 Å². The molecule has 5 nitrogen and oxygen atoms in total. The van der Waals surface area contributed by atoms with Crippen molar-refractivity contribution < 1.29 is 4.79 Å². The van der Waals surface area contributed by atoms with Gasteiger partial charge in [-0.1, -0.05) is 18.2 Å². The van der Waals surface area contributed by atoms with Crippen molar-refractivity contribution in [2.45, 2.75) is 0 Å². The summed E-state index contributed by atoms with van der Waals surface area (Å²) in [6, 6.07) is 9.46. The number of anilines is 1. The van der Waals surface area contributed by atoms with E-state index in [2.05, 4.69) is 20.3 Å². The first-order valence-electron chi connectivity index (χ1n) is 6.77. The van der Waals surface area contributed by atoms with Gasteiger partial charge in [-0.2, -0.15) is 0 Å². The molecule has 0 bridgehead atoms. The van der Waals surface area contributed by atoms with Crippen molar-refractivity contribution in [2.75, 3.05) is 5.32 Å². The van der Waals surface area contributed by atoms with E-state index in [-0.39, 0.29) is 11.2 Å². The molecule has 0 atom stereocenters. The Kier molecular flexibility index (Phi) is 3.40. The van der Waals surface area contributed by atoms with Crippen LogP contribution in [0.4, 0.5) is 5.69 Å². The molecule has 0 unspecified atom stereocenters. The molecule has 0 radical (unpaired) electrons. The van der Waals surface area contributed by atoms with Crippen LogP contribution in [0.2, 0.25) is 5.28 Å². The summed E-state index contributed by atoms with van der Waals surface area (Å²) in [6.45, 7) is 0. The molecule has 3 heterocycles. The van der Waals surface area contributed by atoms with Crippen molar-refractivity contribution in [2.24, 2.45) is 0 Å². The minimum absolute atomic E-state index is 0.122. The number of carbonyl (C=O) groups excluding carboxylic acids is 1. The monoisotopic (exact) mass is 340 g/mol. The first kappa shape index (κ1) is 14.0. The van der Waals surface area contributed by atoms with Crippen molar-refractivity contribution >= 4 is 55.7 Å². The van der Waals surface area contributed by atoms with Crippen LogP contribution in [0.25, 0.3) is 21.1 Å². The topological polar surface area (TPSA) is 67.8 Å². The number of para-hydroxylation sites is 1. The molecule has 1 aromatic carbocycles. The molecule has 4 rings (SSSR count). The molecular weight excluding hydrogens is 332 g/mol. The second-order valence-electron chi connectivity index (χ2n) is 4.84. The first-order valence-corrected chi connectivity index (χ1v) is 8.03. The van der Waals surface area contributed by atoms with Crippen molar-refractivity contribution in [1.29, 1.82) is 0 Å². The molecule has 0 saturated carbocycles. The van der Waals surface area contributed by atoms with E-state index in [1.165, 1.54) is 11.3 Å². The summed E-state index contributed by atoms with van der Waals surface area (Å²) in [7, 11) is 0. The number of amides is 1. The van der Waals surface area contributed by atoms with Crippen LogP contribution in [0.15, 0.2) is 48.1 Å². The highest BCUT2D eigenvalue weighted by molar-refractivity contribution is 7.17. The second-order valence-corrected chi connectivity index (χ2v) is 6.09. The van der Waals surface area contributed by atoms with Crippen LogP contribution in [0.5, 0.6) is 0 Å². The standard InChI is InChI=1S/C16H9ClN4OS/c17-16-19-7-12-14(21-16)10(8-23-12)15(22)20-11-5-1-3-9-4-2-6-18-13(9)11/h1-8H,(H,20,22). The molecule has 4 aromatic rings. The average molecular weight is 341 g/mol. The normalized spacial score (nSPS) is 11.0.